The lowest BCUT2D eigenvalue weighted by Crippen LogP contribution is -2.34. The van der Waals surface area contributed by atoms with E-state index in [-0.39, 0.29) is 18.4 Å². The molecule has 1 aromatic carbocycles. The molecule has 0 saturated heterocycles. The van der Waals surface area contributed by atoms with E-state index in [1.807, 2.05) is 30.3 Å². The summed E-state index contributed by atoms with van der Waals surface area (Å²) in [5, 5.41) is 1.16. The molecule has 1 aliphatic carbocycles. The lowest BCUT2D eigenvalue weighted by Gasteiger charge is -2.06. The van der Waals surface area contributed by atoms with E-state index >= 15 is 0 Å². The summed E-state index contributed by atoms with van der Waals surface area (Å²) in [6, 6.07) is 9.36. The standard InChI is InChI=1S/C8H7ClO2.C5H10N2O/c9-8(10)11-6-7-4-2-1-3-5-7;1-7(6)5(8)4-2-3-4/h1-5H,6H2;4H,2-3,6H2,1H3. The first-order valence-corrected chi connectivity index (χ1v) is 6.27. The Morgan fingerprint density at radius 2 is 1.95 bits per heavy atom. The van der Waals surface area contributed by atoms with Gasteiger partial charge in [0.2, 0.25) is 5.91 Å². The average Bonchev–Trinajstić information content (AvgIpc) is 3.21. The monoisotopic (exact) mass is 284 g/mol. The smallest absolute Gasteiger partial charge is 0.404 e. The van der Waals surface area contributed by atoms with Gasteiger partial charge in [-0.3, -0.25) is 9.80 Å². The molecule has 0 aromatic heterocycles. The minimum absolute atomic E-state index is 0.0741. The number of benzene rings is 1. The van der Waals surface area contributed by atoms with Crippen molar-refractivity contribution in [3.8, 4) is 0 Å². The molecule has 1 amide bonds. The van der Waals surface area contributed by atoms with Crippen LogP contribution in [0.4, 0.5) is 4.79 Å². The van der Waals surface area contributed by atoms with E-state index in [9.17, 15) is 9.59 Å². The molecular formula is C13H17ClN2O3. The fourth-order valence-electron chi connectivity index (χ4n) is 1.33. The zero-order valence-electron chi connectivity index (χ0n) is 10.7. The molecule has 2 rings (SSSR count). The number of amides is 1. The molecule has 1 aromatic rings. The van der Waals surface area contributed by atoms with Gasteiger partial charge in [0.15, 0.2) is 0 Å². The van der Waals surface area contributed by atoms with Crippen molar-refractivity contribution in [2.24, 2.45) is 11.8 Å². The number of carbonyl (C=O) groups excluding carboxylic acids is 2. The van der Waals surface area contributed by atoms with Crippen molar-refractivity contribution in [2.75, 3.05) is 7.05 Å². The molecule has 1 fully saturated rings. The summed E-state index contributed by atoms with van der Waals surface area (Å²) in [4.78, 5) is 20.9. The molecule has 0 spiro atoms. The number of nitrogens with two attached hydrogens (primary N) is 1. The molecule has 2 N–H and O–H groups in total. The minimum Gasteiger partial charge on any atom is -0.449 e. The Balaban J connectivity index is 0.000000200. The number of rotatable bonds is 3. The van der Waals surface area contributed by atoms with Crippen molar-refractivity contribution >= 4 is 22.9 Å². The molecule has 1 saturated carbocycles. The molecule has 0 heterocycles. The number of halogens is 1. The molecule has 6 heteroatoms. The highest BCUT2D eigenvalue weighted by atomic mass is 35.5. The number of hydrogen-bond acceptors (Lipinski definition) is 4. The minimum atomic E-state index is -0.770. The Labute approximate surface area is 117 Å². The van der Waals surface area contributed by atoms with Crippen LogP contribution in [-0.4, -0.2) is 23.4 Å². The van der Waals surface area contributed by atoms with Crippen molar-refractivity contribution in [3.63, 3.8) is 0 Å². The van der Waals surface area contributed by atoms with Crippen LogP contribution in [0.5, 0.6) is 0 Å². The van der Waals surface area contributed by atoms with Gasteiger partial charge >= 0.3 is 5.43 Å². The predicted octanol–water partition coefficient (Wildman–Crippen LogP) is 2.29. The maximum atomic E-state index is 10.7. The SMILES string of the molecule is CN(N)C(=O)C1CC1.O=C(Cl)OCc1ccccc1. The van der Waals surface area contributed by atoms with E-state index in [0.29, 0.717) is 0 Å². The van der Waals surface area contributed by atoms with Crippen molar-refractivity contribution in [2.45, 2.75) is 19.4 Å². The molecule has 0 bridgehead atoms. The summed E-state index contributed by atoms with van der Waals surface area (Å²) in [7, 11) is 1.58. The third-order valence-electron chi connectivity index (χ3n) is 2.47. The van der Waals surface area contributed by atoms with Crippen LogP contribution in [0.3, 0.4) is 0 Å². The number of ether oxygens (including phenoxy) is 1. The third-order valence-corrected chi connectivity index (χ3v) is 2.58. The third kappa shape index (κ3) is 6.79. The van der Waals surface area contributed by atoms with Gasteiger partial charge in [-0.1, -0.05) is 30.3 Å². The van der Waals surface area contributed by atoms with Crippen LogP contribution in [0.1, 0.15) is 18.4 Å². The fourth-order valence-corrected chi connectivity index (χ4v) is 1.39. The van der Waals surface area contributed by atoms with E-state index in [4.69, 9.17) is 17.4 Å². The van der Waals surface area contributed by atoms with Crippen molar-refractivity contribution < 1.29 is 14.3 Å². The van der Waals surface area contributed by atoms with E-state index in [1.54, 1.807) is 7.05 Å². The van der Waals surface area contributed by atoms with Gasteiger partial charge in [-0.2, -0.15) is 0 Å². The maximum Gasteiger partial charge on any atom is 0.404 e. The van der Waals surface area contributed by atoms with Gasteiger partial charge in [0.1, 0.15) is 6.61 Å². The van der Waals surface area contributed by atoms with Crippen molar-refractivity contribution in [1.29, 1.82) is 0 Å². The van der Waals surface area contributed by atoms with E-state index in [0.717, 1.165) is 23.4 Å². The van der Waals surface area contributed by atoms with Gasteiger partial charge in [0.05, 0.1) is 0 Å². The van der Waals surface area contributed by atoms with Crippen LogP contribution < -0.4 is 5.84 Å². The van der Waals surface area contributed by atoms with E-state index in [2.05, 4.69) is 4.74 Å². The van der Waals surface area contributed by atoms with Gasteiger partial charge in [-0.25, -0.2) is 10.6 Å². The molecule has 19 heavy (non-hydrogen) atoms. The van der Waals surface area contributed by atoms with Crippen molar-refractivity contribution in [3.05, 3.63) is 35.9 Å². The second kappa shape index (κ2) is 7.76. The lowest BCUT2D eigenvalue weighted by molar-refractivity contribution is -0.131. The van der Waals surface area contributed by atoms with Crippen LogP contribution in [0, 0.1) is 5.92 Å². The molecule has 0 unspecified atom stereocenters. The topological polar surface area (TPSA) is 72.6 Å². The zero-order chi connectivity index (χ0) is 14.3. The quantitative estimate of drug-likeness (QED) is 0.400. The fraction of sp³-hybridized carbons (Fsp3) is 0.385. The Bertz CT molecular complexity index is 415. The molecule has 0 atom stereocenters. The number of hydrazine groups is 1. The number of carbonyl (C=O) groups is 2. The highest BCUT2D eigenvalue weighted by molar-refractivity contribution is 6.61. The van der Waals surface area contributed by atoms with E-state index in [1.165, 1.54) is 0 Å². The molecule has 0 radical (unpaired) electrons. The molecule has 5 nitrogen and oxygen atoms in total. The lowest BCUT2D eigenvalue weighted by atomic mass is 10.2. The maximum absolute atomic E-state index is 10.7. The van der Waals surface area contributed by atoms with Crippen LogP contribution in [0.2, 0.25) is 0 Å². The summed E-state index contributed by atoms with van der Waals surface area (Å²) in [5.74, 6) is 5.49. The summed E-state index contributed by atoms with van der Waals surface area (Å²) >= 11 is 4.97. The summed E-state index contributed by atoms with van der Waals surface area (Å²) in [6.45, 7) is 0.239. The Kier molecular flexibility index (Phi) is 6.32. The van der Waals surface area contributed by atoms with Gasteiger partial charge in [-0.05, 0) is 18.4 Å². The second-order valence-electron chi connectivity index (χ2n) is 4.24. The van der Waals surface area contributed by atoms with Crippen LogP contribution in [0.15, 0.2) is 30.3 Å². The first-order valence-electron chi connectivity index (χ1n) is 5.89. The second-order valence-corrected chi connectivity index (χ2v) is 4.54. The van der Waals surface area contributed by atoms with Gasteiger partial charge in [0, 0.05) is 24.6 Å². The van der Waals surface area contributed by atoms with Gasteiger partial charge < -0.3 is 4.74 Å². The zero-order valence-corrected chi connectivity index (χ0v) is 11.5. The Hall–Kier alpha value is -1.59. The Morgan fingerprint density at radius 1 is 1.37 bits per heavy atom. The number of hydrogen-bond donors (Lipinski definition) is 1. The largest absolute Gasteiger partial charge is 0.449 e. The first-order chi connectivity index (χ1) is 9.00. The molecule has 104 valence electrons. The van der Waals surface area contributed by atoms with Gasteiger partial charge in [-0.15, -0.1) is 0 Å². The summed E-state index contributed by atoms with van der Waals surface area (Å²) < 4.78 is 4.55. The molecular weight excluding hydrogens is 268 g/mol. The Morgan fingerprint density at radius 3 is 2.32 bits per heavy atom. The van der Waals surface area contributed by atoms with Crippen molar-refractivity contribution in [1.82, 2.24) is 5.01 Å². The van der Waals surface area contributed by atoms with Crippen LogP contribution in [-0.2, 0) is 16.1 Å². The molecule has 0 aliphatic heterocycles. The van der Waals surface area contributed by atoms with Gasteiger partial charge in [0.25, 0.3) is 0 Å². The summed E-state index contributed by atoms with van der Waals surface area (Å²) in [5.41, 5.74) is 0.162. The highest BCUT2D eigenvalue weighted by Crippen LogP contribution is 2.29. The van der Waals surface area contributed by atoms with E-state index < -0.39 is 5.43 Å². The average molecular weight is 285 g/mol. The normalized spacial score (nSPS) is 13.0. The highest BCUT2D eigenvalue weighted by Gasteiger charge is 2.30. The summed E-state index contributed by atoms with van der Waals surface area (Å²) in [6.07, 6.45) is 2.06. The van der Waals surface area contributed by atoms with Crippen LogP contribution in [0.25, 0.3) is 0 Å². The molecule has 1 aliphatic rings. The predicted molar refractivity (Wildman–Crippen MR) is 72.2 cm³/mol. The van der Waals surface area contributed by atoms with Crippen LogP contribution >= 0.6 is 11.6 Å². The first kappa shape index (κ1) is 15.5. The number of nitrogens with zero attached hydrogens (tertiary/aromatic N) is 1.